The smallest absolute Gasteiger partial charge is 1.00 e. The van der Waals surface area contributed by atoms with Gasteiger partial charge in [0.1, 0.15) is 0 Å². The van der Waals surface area contributed by atoms with E-state index in [0.29, 0.717) is 0 Å². The molecule has 0 amide bonds. The average Bonchev–Trinajstić information content (AvgIpc) is 1.77. The molecule has 10 heavy (non-hydrogen) atoms. The molecule has 0 N–H and O–H groups in total. The van der Waals surface area contributed by atoms with Crippen molar-refractivity contribution >= 4 is 39.0 Å². The van der Waals surface area contributed by atoms with Crippen molar-refractivity contribution in [1.82, 2.24) is 0 Å². The molecule has 0 aliphatic rings. The van der Waals surface area contributed by atoms with Crippen molar-refractivity contribution in [3.8, 4) is 0 Å². The molecule has 0 aliphatic carbocycles. The van der Waals surface area contributed by atoms with Gasteiger partial charge in [-0.25, -0.2) is 0 Å². The molecule has 0 nitrogen and oxygen atoms in total. The monoisotopic (exact) mass is 228 g/mol. The predicted octanol–water partition coefficient (Wildman–Crippen LogP) is -0.746. The third-order valence-electron chi connectivity index (χ3n) is 0.913. The quantitative estimate of drug-likeness (QED) is 0.406. The van der Waals surface area contributed by atoms with Gasteiger partial charge in [-0.2, -0.15) is 24.6 Å². The Morgan fingerprint density at radius 2 is 1.50 bits per heavy atom. The molecule has 0 fully saturated rings. The second-order valence-electron chi connectivity index (χ2n) is 1.63. The normalized spacial score (nSPS) is 7.30. The summed E-state index contributed by atoms with van der Waals surface area (Å²) in [5, 5.41) is 0. The summed E-state index contributed by atoms with van der Waals surface area (Å²) in [6, 6.07) is 7.87. The zero-order valence-electron chi connectivity index (χ0n) is 5.48. The van der Waals surface area contributed by atoms with E-state index in [2.05, 4.69) is 22.9 Å². The first-order valence-corrected chi connectivity index (χ1v) is 3.16. The van der Waals surface area contributed by atoms with Gasteiger partial charge in [0.2, 0.25) is 0 Å². The van der Waals surface area contributed by atoms with Crippen molar-refractivity contribution in [2.75, 3.05) is 0 Å². The van der Waals surface area contributed by atoms with Crippen molar-refractivity contribution in [1.29, 1.82) is 0 Å². The molecule has 1 rings (SSSR count). The number of benzene rings is 1. The Morgan fingerprint density at radius 1 is 1.10 bits per heavy atom. The molecule has 50 valence electrons. The van der Waals surface area contributed by atoms with Gasteiger partial charge in [0.15, 0.2) is 0 Å². The summed E-state index contributed by atoms with van der Waals surface area (Å²) < 4.78 is 1.10. The molecule has 0 spiro atoms. The Bertz CT molecular complexity index is 152. The fourth-order valence-corrected chi connectivity index (χ4v) is 0.749. The van der Waals surface area contributed by atoms with Crippen molar-refractivity contribution in [3.63, 3.8) is 0 Å². The van der Waals surface area contributed by atoms with Crippen LogP contribution >= 0.6 is 15.9 Å². The Labute approximate surface area is 92.1 Å². The van der Waals surface area contributed by atoms with Crippen LogP contribution in [0.5, 0.6) is 0 Å². The van der Waals surface area contributed by atoms with E-state index in [-0.39, 0.29) is 35.5 Å². The molecule has 3 heteroatoms. The number of rotatable bonds is 0. The maximum absolute atomic E-state index is 3.74. The molecule has 0 saturated heterocycles. The molecular weight excluding hydrogens is 224 g/mol. The van der Waals surface area contributed by atoms with E-state index < -0.39 is 0 Å². The van der Waals surface area contributed by atoms with E-state index >= 15 is 0 Å². The first kappa shape index (κ1) is 13.2. The van der Waals surface area contributed by atoms with E-state index in [1.54, 1.807) is 0 Å². The van der Waals surface area contributed by atoms with Crippen LogP contribution in [-0.2, 0) is 0 Å². The third kappa shape index (κ3) is 4.44. The van der Waals surface area contributed by atoms with Gasteiger partial charge >= 0.3 is 23.1 Å². The topological polar surface area (TPSA) is 0 Å². The molecule has 0 atom stereocenters. The maximum Gasteiger partial charge on any atom is 2.00 e. The molecule has 0 unspecified atom stereocenters. The van der Waals surface area contributed by atoms with Crippen LogP contribution in [-0.4, -0.2) is 23.1 Å². The molecule has 1 aromatic carbocycles. The first-order chi connectivity index (χ1) is 3.79. The minimum absolute atomic E-state index is 0. The summed E-state index contributed by atoms with van der Waals surface area (Å²) in [4.78, 5) is 0. The van der Waals surface area contributed by atoms with Crippen LogP contribution in [0.4, 0.5) is 0 Å². The minimum Gasteiger partial charge on any atom is -1.00 e. The molecule has 1 aromatic rings. The fourth-order valence-electron chi connectivity index (χ4n) is 0.484. The van der Waals surface area contributed by atoms with Crippen molar-refractivity contribution in [2.24, 2.45) is 0 Å². The van der Waals surface area contributed by atoms with Crippen LogP contribution < -0.4 is 12.4 Å². The summed E-state index contributed by atoms with van der Waals surface area (Å²) in [5.74, 6) is 0. The van der Waals surface area contributed by atoms with Gasteiger partial charge in [0.25, 0.3) is 0 Å². The maximum atomic E-state index is 3.74. The minimum atomic E-state index is 0. The van der Waals surface area contributed by atoms with Crippen LogP contribution in [0, 0.1) is 6.92 Å². The van der Waals surface area contributed by atoms with Crippen molar-refractivity contribution in [3.05, 3.63) is 41.2 Å². The summed E-state index contributed by atoms with van der Waals surface area (Å²) in [6.45, 7) is 3.74. The Hall–Kier alpha value is 0.626. The van der Waals surface area contributed by atoms with Crippen LogP contribution in [0.25, 0.3) is 0 Å². The van der Waals surface area contributed by atoms with Crippen molar-refractivity contribution in [2.45, 2.75) is 0 Å². The zero-order chi connectivity index (χ0) is 5.98. The average molecular weight is 230 g/mol. The van der Waals surface area contributed by atoms with Gasteiger partial charge in [-0.15, -0.1) is 12.1 Å². The van der Waals surface area contributed by atoms with E-state index in [1.165, 1.54) is 0 Å². The number of hydrogen-bond acceptors (Lipinski definition) is 0. The van der Waals surface area contributed by atoms with Crippen LogP contribution in [0.3, 0.4) is 0 Å². The summed E-state index contributed by atoms with van der Waals surface area (Å²) in [5.41, 5.74) is 1.05. The summed E-state index contributed by atoms with van der Waals surface area (Å²) in [7, 11) is 0. The number of halogens is 2. The van der Waals surface area contributed by atoms with Gasteiger partial charge in [-0.05, 0) is 4.47 Å². The van der Waals surface area contributed by atoms with Crippen molar-refractivity contribution < 1.29 is 12.4 Å². The van der Waals surface area contributed by atoms with Crippen LogP contribution in [0.1, 0.15) is 5.56 Å². The molecular formula is C7H6BrClMg. The SMILES string of the molecule is [CH2-]c1ccc(Br)cc1.[Cl-].[Mg+2]. The number of hydrogen-bond donors (Lipinski definition) is 0. The fraction of sp³-hybridized carbons (Fsp3) is 0. The Kier molecular flexibility index (Phi) is 8.39. The Morgan fingerprint density at radius 3 is 1.80 bits per heavy atom. The van der Waals surface area contributed by atoms with Gasteiger partial charge in [0, 0.05) is 0 Å². The van der Waals surface area contributed by atoms with Gasteiger partial charge in [0.05, 0.1) is 0 Å². The van der Waals surface area contributed by atoms with Crippen LogP contribution in [0.15, 0.2) is 28.7 Å². The molecule has 0 aliphatic heterocycles. The molecule has 0 saturated carbocycles. The van der Waals surface area contributed by atoms with Gasteiger partial charge in [-0.3, -0.25) is 0 Å². The molecule has 0 radical (unpaired) electrons. The standard InChI is InChI=1S/C7H6Br.ClH.Mg/c1-6-2-4-7(8)5-3-6;;/h2-5H,1H2;1H;/q-1;;+2/p-1. The largest absolute Gasteiger partial charge is 2.00 e. The molecule has 0 bridgehead atoms. The van der Waals surface area contributed by atoms with E-state index in [9.17, 15) is 0 Å². The van der Waals surface area contributed by atoms with Crippen LogP contribution in [0.2, 0.25) is 0 Å². The second-order valence-corrected chi connectivity index (χ2v) is 2.54. The van der Waals surface area contributed by atoms with Gasteiger partial charge in [-0.1, -0.05) is 15.9 Å². The summed E-state index contributed by atoms with van der Waals surface area (Å²) >= 11 is 3.32. The zero-order valence-corrected chi connectivity index (χ0v) is 9.24. The first-order valence-electron chi connectivity index (χ1n) is 2.36. The third-order valence-corrected chi connectivity index (χ3v) is 1.44. The summed E-state index contributed by atoms with van der Waals surface area (Å²) in [6.07, 6.45) is 0. The predicted molar refractivity (Wildman–Crippen MR) is 44.4 cm³/mol. The second kappa shape index (κ2) is 6.34. The molecule has 0 heterocycles. The van der Waals surface area contributed by atoms with E-state index in [0.717, 1.165) is 10.0 Å². The van der Waals surface area contributed by atoms with E-state index in [4.69, 9.17) is 0 Å². The molecule has 0 aromatic heterocycles. The Balaban J connectivity index is 0. The van der Waals surface area contributed by atoms with Gasteiger partial charge < -0.3 is 12.4 Å². The van der Waals surface area contributed by atoms with E-state index in [1.807, 2.05) is 24.3 Å².